The third kappa shape index (κ3) is 7.58. The highest BCUT2D eigenvalue weighted by Gasteiger charge is 2.81. The van der Waals surface area contributed by atoms with E-state index >= 15 is 0 Å². The lowest BCUT2D eigenvalue weighted by atomic mass is 10.0. The van der Waals surface area contributed by atoms with Gasteiger partial charge in [-0.2, -0.15) is 49.7 Å². The Balaban J connectivity index is 1.92. The maximum absolute atomic E-state index is 13.5. The Kier molecular flexibility index (Phi) is 9.97. The topological polar surface area (TPSA) is 60.2 Å². The number of ether oxygens (including phenoxy) is 2. The first-order valence-electron chi connectivity index (χ1n) is 10.3. The number of carbonyl (C=O) groups excluding carboxylic acids is 1. The van der Waals surface area contributed by atoms with E-state index in [0.29, 0.717) is 18.0 Å². The Morgan fingerprint density at radius 2 is 1.27 bits per heavy atom. The summed E-state index contributed by atoms with van der Waals surface area (Å²) in [6, 6.07) is 11.5. The van der Waals surface area contributed by atoms with E-state index in [2.05, 4.69) is 30.9 Å². The number of azo groups is 1. The van der Waals surface area contributed by atoms with E-state index in [1.54, 1.807) is 24.3 Å². The van der Waals surface area contributed by atoms with Gasteiger partial charge in [-0.1, -0.05) is 15.9 Å². The molecule has 5 nitrogen and oxygen atoms in total. The van der Waals surface area contributed by atoms with Crippen LogP contribution in [0.25, 0.3) is 0 Å². The summed E-state index contributed by atoms with van der Waals surface area (Å²) in [5.74, 6) is -20.3. The molecular weight excluding hydrogens is 591 g/mol. The fourth-order valence-corrected chi connectivity index (χ4v) is 2.78. The Bertz CT molecular complexity index is 1060. The van der Waals surface area contributed by atoms with Crippen molar-refractivity contribution in [1.29, 1.82) is 0 Å². The molecule has 0 aromatic heterocycles. The maximum atomic E-state index is 13.5. The largest absolute Gasteiger partial charge is 0.494 e. The number of carbonyl (C=O) groups is 1. The van der Waals surface area contributed by atoms with Crippen molar-refractivity contribution in [1.82, 2.24) is 0 Å². The summed E-state index contributed by atoms with van der Waals surface area (Å²) in [6.45, 7) is -1.02. The SMILES string of the molecule is O=C(OCCC(F)(F)C(F)(F)C(F)(F)C(F)(F)F)c1ccc(N=Nc2ccc(OCCCBr)cc2)cc1. The number of benzene rings is 2. The number of esters is 1. The van der Waals surface area contributed by atoms with Crippen LogP contribution < -0.4 is 4.74 Å². The first kappa shape index (κ1) is 30.4. The minimum absolute atomic E-state index is 0.250. The van der Waals surface area contributed by atoms with E-state index in [-0.39, 0.29) is 11.3 Å². The van der Waals surface area contributed by atoms with Gasteiger partial charge in [0.2, 0.25) is 0 Å². The minimum atomic E-state index is -7.00. The van der Waals surface area contributed by atoms with Crippen LogP contribution in [0.1, 0.15) is 23.2 Å². The van der Waals surface area contributed by atoms with Crippen LogP contribution in [0.2, 0.25) is 0 Å². The molecule has 15 heteroatoms. The van der Waals surface area contributed by atoms with E-state index < -0.39 is 42.9 Å². The number of rotatable bonds is 12. The first-order valence-corrected chi connectivity index (χ1v) is 11.4. The number of hydrogen-bond donors (Lipinski definition) is 0. The molecule has 0 amide bonds. The van der Waals surface area contributed by atoms with Gasteiger partial charge < -0.3 is 9.47 Å². The van der Waals surface area contributed by atoms with E-state index in [1.165, 1.54) is 12.1 Å². The molecule has 2 aromatic rings. The maximum Gasteiger partial charge on any atom is 0.460 e. The molecule has 0 N–H and O–H groups in total. The van der Waals surface area contributed by atoms with Crippen molar-refractivity contribution >= 4 is 33.3 Å². The van der Waals surface area contributed by atoms with Crippen molar-refractivity contribution < 1.29 is 53.8 Å². The van der Waals surface area contributed by atoms with Crippen molar-refractivity contribution in [3.05, 3.63) is 54.1 Å². The van der Waals surface area contributed by atoms with Gasteiger partial charge >= 0.3 is 29.9 Å². The fourth-order valence-electron chi connectivity index (χ4n) is 2.55. The highest BCUT2D eigenvalue weighted by atomic mass is 79.9. The Hall–Kier alpha value is -2.84. The second-order valence-corrected chi connectivity index (χ2v) is 8.16. The summed E-state index contributed by atoms with van der Waals surface area (Å²) in [4.78, 5) is 11.9. The Morgan fingerprint density at radius 3 is 1.76 bits per heavy atom. The monoisotopic (exact) mass is 608 g/mol. The minimum Gasteiger partial charge on any atom is -0.494 e. The lowest BCUT2D eigenvalue weighted by Gasteiger charge is -2.33. The van der Waals surface area contributed by atoms with Crippen molar-refractivity contribution in [2.45, 2.75) is 36.8 Å². The van der Waals surface area contributed by atoms with Crippen LogP contribution in [0.4, 0.5) is 50.9 Å². The van der Waals surface area contributed by atoms with E-state index in [4.69, 9.17) is 4.74 Å². The first-order chi connectivity index (χ1) is 17.1. The van der Waals surface area contributed by atoms with Crippen LogP contribution in [0, 0.1) is 0 Å². The third-order valence-electron chi connectivity index (χ3n) is 4.63. The van der Waals surface area contributed by atoms with Crippen molar-refractivity contribution in [2.75, 3.05) is 18.5 Å². The molecule has 0 aliphatic heterocycles. The molecule has 0 saturated heterocycles. The van der Waals surface area contributed by atoms with Gasteiger partial charge in [0.05, 0.1) is 36.6 Å². The third-order valence-corrected chi connectivity index (χ3v) is 5.19. The molecule has 0 aliphatic carbocycles. The molecule has 0 saturated carbocycles. The van der Waals surface area contributed by atoms with Crippen molar-refractivity contribution in [2.24, 2.45) is 10.2 Å². The van der Waals surface area contributed by atoms with Gasteiger partial charge in [-0.05, 0) is 55.0 Å². The summed E-state index contributed by atoms with van der Waals surface area (Å²) in [5.41, 5.74) is 0.486. The number of nitrogens with zero attached hydrogens (tertiary/aromatic N) is 2. The fraction of sp³-hybridized carbons (Fsp3) is 0.409. The van der Waals surface area contributed by atoms with Crippen LogP contribution in [0.15, 0.2) is 58.8 Å². The van der Waals surface area contributed by atoms with Crippen LogP contribution in [0.5, 0.6) is 5.75 Å². The lowest BCUT2D eigenvalue weighted by Crippen LogP contribution is -2.61. The lowest BCUT2D eigenvalue weighted by molar-refractivity contribution is -0.397. The van der Waals surface area contributed by atoms with Crippen LogP contribution in [-0.2, 0) is 4.74 Å². The van der Waals surface area contributed by atoms with Crippen molar-refractivity contribution in [3.63, 3.8) is 0 Å². The van der Waals surface area contributed by atoms with Gasteiger partial charge in [0.15, 0.2) is 0 Å². The number of halogens is 10. The summed E-state index contributed by atoms with van der Waals surface area (Å²) in [6.07, 6.45) is -8.36. The summed E-state index contributed by atoms with van der Waals surface area (Å²) < 4.78 is 125. The van der Waals surface area contributed by atoms with Gasteiger partial charge in [0, 0.05) is 5.33 Å². The highest BCUT2D eigenvalue weighted by Crippen LogP contribution is 2.54. The second kappa shape index (κ2) is 12.1. The Morgan fingerprint density at radius 1 is 0.757 bits per heavy atom. The smallest absolute Gasteiger partial charge is 0.460 e. The average molecular weight is 609 g/mol. The zero-order valence-corrected chi connectivity index (χ0v) is 20.1. The molecule has 0 unspecified atom stereocenters. The van der Waals surface area contributed by atoms with Crippen LogP contribution in [-0.4, -0.2) is 48.5 Å². The summed E-state index contributed by atoms with van der Waals surface area (Å²) >= 11 is 3.29. The van der Waals surface area contributed by atoms with E-state index in [1.807, 2.05) is 0 Å². The molecule has 0 fully saturated rings. The normalized spacial score (nSPS) is 13.1. The molecule has 37 heavy (non-hydrogen) atoms. The molecule has 2 rings (SSSR count). The second-order valence-electron chi connectivity index (χ2n) is 7.37. The molecule has 0 atom stereocenters. The molecule has 204 valence electrons. The van der Waals surface area contributed by atoms with Crippen LogP contribution in [0.3, 0.4) is 0 Å². The van der Waals surface area contributed by atoms with Gasteiger partial charge in [0.1, 0.15) is 5.75 Å². The van der Waals surface area contributed by atoms with E-state index in [0.717, 1.165) is 23.9 Å². The number of hydrogen-bond acceptors (Lipinski definition) is 5. The molecule has 0 heterocycles. The van der Waals surface area contributed by atoms with Crippen molar-refractivity contribution in [3.8, 4) is 5.75 Å². The summed E-state index contributed by atoms with van der Waals surface area (Å²) in [5, 5.41) is 8.71. The van der Waals surface area contributed by atoms with Gasteiger partial charge in [-0.3, -0.25) is 0 Å². The summed E-state index contributed by atoms with van der Waals surface area (Å²) in [7, 11) is 0. The zero-order chi connectivity index (χ0) is 27.9. The Labute approximate surface area is 212 Å². The van der Waals surface area contributed by atoms with Gasteiger partial charge in [-0.25, -0.2) is 4.79 Å². The quantitative estimate of drug-likeness (QED) is 0.0801. The molecular formula is C22H18BrF9N2O3. The average Bonchev–Trinajstić information content (AvgIpc) is 2.83. The molecule has 2 aromatic carbocycles. The molecule has 0 spiro atoms. The predicted molar refractivity (Wildman–Crippen MR) is 117 cm³/mol. The molecule has 0 aliphatic rings. The standard InChI is InChI=1S/C22H18BrF9N2O3/c23-11-1-12-36-17-8-6-16(7-9-17)34-33-15-4-2-14(3-5-15)18(35)37-13-10-19(24,25)20(26,27)21(28,29)22(30,31)32/h2-9H,1,10-13H2. The van der Waals surface area contributed by atoms with Gasteiger partial charge in [0.25, 0.3) is 0 Å². The highest BCUT2D eigenvalue weighted by molar-refractivity contribution is 9.09. The van der Waals surface area contributed by atoms with Crippen LogP contribution >= 0.6 is 15.9 Å². The molecule has 0 bridgehead atoms. The predicted octanol–water partition coefficient (Wildman–Crippen LogP) is 8.28. The molecule has 0 radical (unpaired) electrons. The number of alkyl halides is 10. The zero-order valence-electron chi connectivity index (χ0n) is 18.6. The van der Waals surface area contributed by atoms with Gasteiger partial charge in [-0.15, -0.1) is 0 Å². The van der Waals surface area contributed by atoms with E-state index in [9.17, 15) is 44.3 Å².